The minimum absolute atomic E-state index is 0.0267. The summed E-state index contributed by atoms with van der Waals surface area (Å²) in [6.45, 7) is 3.25. The monoisotopic (exact) mass is 293 g/mol. The van der Waals surface area contributed by atoms with E-state index in [1.165, 1.54) is 0 Å². The molecular formula is C15H19NO5. The van der Waals surface area contributed by atoms with E-state index in [1.54, 1.807) is 11.9 Å². The molecule has 21 heavy (non-hydrogen) atoms. The first-order chi connectivity index (χ1) is 10.1. The van der Waals surface area contributed by atoms with Crippen LogP contribution in [-0.4, -0.2) is 50.2 Å². The highest BCUT2D eigenvalue weighted by Crippen LogP contribution is 2.32. The number of ether oxygens (including phenoxy) is 4. The maximum absolute atomic E-state index is 12.0. The number of benzene rings is 1. The Morgan fingerprint density at radius 1 is 1.38 bits per heavy atom. The zero-order valence-electron chi connectivity index (χ0n) is 12.2. The van der Waals surface area contributed by atoms with Crippen molar-refractivity contribution in [3.63, 3.8) is 0 Å². The smallest absolute Gasteiger partial charge is 0.410 e. The molecule has 1 unspecified atom stereocenters. The van der Waals surface area contributed by atoms with Gasteiger partial charge in [-0.1, -0.05) is 6.07 Å². The molecule has 0 bridgehead atoms. The van der Waals surface area contributed by atoms with E-state index in [2.05, 4.69) is 0 Å². The Hall–Kier alpha value is -1.95. The standard InChI is InChI=1S/C15H19NO5/c1-10(16(2)15(17)21-12-7-18-8-12)5-11-3-4-13-14(6-11)20-9-19-13/h3-4,6,10,12H,5,7-9H2,1-2H3. The first-order valence-corrected chi connectivity index (χ1v) is 7.03. The molecule has 3 rings (SSSR count). The molecule has 2 aliphatic heterocycles. The van der Waals surface area contributed by atoms with E-state index >= 15 is 0 Å². The van der Waals surface area contributed by atoms with Crippen LogP contribution in [0.4, 0.5) is 4.79 Å². The van der Waals surface area contributed by atoms with Crippen LogP contribution >= 0.6 is 0 Å². The van der Waals surface area contributed by atoms with Crippen molar-refractivity contribution in [2.45, 2.75) is 25.5 Å². The van der Waals surface area contributed by atoms with Crippen molar-refractivity contribution in [3.8, 4) is 11.5 Å². The summed E-state index contributed by atoms with van der Waals surface area (Å²) in [5.41, 5.74) is 1.10. The summed E-state index contributed by atoms with van der Waals surface area (Å²) in [6.07, 6.45) is 0.317. The van der Waals surface area contributed by atoms with Gasteiger partial charge in [0.15, 0.2) is 17.6 Å². The summed E-state index contributed by atoms with van der Waals surface area (Å²) < 4.78 is 20.9. The Labute approximate surface area is 123 Å². The van der Waals surface area contributed by atoms with E-state index in [1.807, 2.05) is 25.1 Å². The van der Waals surface area contributed by atoms with Gasteiger partial charge < -0.3 is 23.8 Å². The molecule has 1 fully saturated rings. The highest BCUT2D eigenvalue weighted by Gasteiger charge is 2.26. The van der Waals surface area contributed by atoms with Gasteiger partial charge in [0.25, 0.3) is 0 Å². The van der Waals surface area contributed by atoms with Crippen molar-refractivity contribution in [1.82, 2.24) is 4.90 Å². The summed E-state index contributed by atoms with van der Waals surface area (Å²) in [5, 5.41) is 0. The molecule has 0 N–H and O–H groups in total. The number of fused-ring (bicyclic) bond motifs is 1. The molecule has 6 nitrogen and oxygen atoms in total. The lowest BCUT2D eigenvalue weighted by molar-refractivity contribution is -0.105. The number of hydrogen-bond acceptors (Lipinski definition) is 5. The second-order valence-electron chi connectivity index (χ2n) is 5.39. The van der Waals surface area contributed by atoms with Gasteiger partial charge in [0.2, 0.25) is 6.79 Å². The minimum atomic E-state index is -0.309. The van der Waals surface area contributed by atoms with Crippen LogP contribution in [-0.2, 0) is 15.9 Å². The van der Waals surface area contributed by atoms with E-state index < -0.39 is 0 Å². The highest BCUT2D eigenvalue weighted by molar-refractivity contribution is 5.68. The second-order valence-corrected chi connectivity index (χ2v) is 5.39. The molecule has 0 saturated carbocycles. The molecule has 1 aromatic carbocycles. The molecule has 0 aromatic heterocycles. The van der Waals surface area contributed by atoms with Crippen LogP contribution in [0, 0.1) is 0 Å². The normalized spacial score (nSPS) is 18.0. The molecule has 114 valence electrons. The fourth-order valence-corrected chi connectivity index (χ4v) is 2.23. The van der Waals surface area contributed by atoms with Crippen molar-refractivity contribution in [2.24, 2.45) is 0 Å². The number of carbonyl (C=O) groups is 1. The molecule has 0 spiro atoms. The van der Waals surface area contributed by atoms with Gasteiger partial charge in [0.05, 0.1) is 13.2 Å². The largest absolute Gasteiger partial charge is 0.454 e. The summed E-state index contributed by atoms with van der Waals surface area (Å²) in [5.74, 6) is 1.53. The Morgan fingerprint density at radius 2 is 2.14 bits per heavy atom. The zero-order chi connectivity index (χ0) is 14.8. The van der Waals surface area contributed by atoms with Crippen LogP contribution in [0.3, 0.4) is 0 Å². The molecule has 2 heterocycles. The van der Waals surface area contributed by atoms with Gasteiger partial charge in [-0.3, -0.25) is 0 Å². The molecule has 0 radical (unpaired) electrons. The zero-order valence-corrected chi connectivity index (χ0v) is 12.2. The third kappa shape index (κ3) is 3.05. The van der Waals surface area contributed by atoms with Crippen molar-refractivity contribution < 1.29 is 23.7 Å². The van der Waals surface area contributed by atoms with Crippen LogP contribution in [0.2, 0.25) is 0 Å². The highest BCUT2D eigenvalue weighted by atomic mass is 16.7. The summed E-state index contributed by atoms with van der Waals surface area (Å²) in [7, 11) is 1.75. The Morgan fingerprint density at radius 3 is 2.86 bits per heavy atom. The maximum Gasteiger partial charge on any atom is 0.410 e. The van der Waals surface area contributed by atoms with Crippen LogP contribution in [0.25, 0.3) is 0 Å². The SMILES string of the molecule is CC(Cc1ccc2c(c1)OCO2)N(C)C(=O)OC1COC1. The van der Waals surface area contributed by atoms with Crippen LogP contribution in [0.1, 0.15) is 12.5 Å². The first kappa shape index (κ1) is 14.0. The number of carbonyl (C=O) groups excluding carboxylic acids is 1. The number of hydrogen-bond donors (Lipinski definition) is 0. The molecule has 1 aromatic rings. The third-order valence-electron chi connectivity index (χ3n) is 3.79. The molecule has 1 atom stereocenters. The van der Waals surface area contributed by atoms with E-state index in [4.69, 9.17) is 18.9 Å². The number of amides is 1. The number of rotatable bonds is 4. The quantitative estimate of drug-likeness (QED) is 0.847. The molecule has 0 aliphatic carbocycles. The van der Waals surface area contributed by atoms with Gasteiger partial charge in [-0.05, 0) is 31.0 Å². The van der Waals surface area contributed by atoms with E-state index in [0.29, 0.717) is 13.2 Å². The average molecular weight is 293 g/mol. The van der Waals surface area contributed by atoms with Gasteiger partial charge >= 0.3 is 6.09 Å². The van der Waals surface area contributed by atoms with Crippen LogP contribution in [0.5, 0.6) is 11.5 Å². The van der Waals surface area contributed by atoms with Gasteiger partial charge in [-0.15, -0.1) is 0 Å². The Balaban J connectivity index is 1.57. The summed E-state index contributed by atoms with van der Waals surface area (Å²) >= 11 is 0. The van der Waals surface area contributed by atoms with E-state index in [-0.39, 0.29) is 25.0 Å². The predicted molar refractivity (Wildman–Crippen MR) is 74.6 cm³/mol. The van der Waals surface area contributed by atoms with Gasteiger partial charge in [-0.25, -0.2) is 4.79 Å². The third-order valence-corrected chi connectivity index (χ3v) is 3.79. The lowest BCUT2D eigenvalue weighted by Crippen LogP contribution is -2.44. The van der Waals surface area contributed by atoms with Crippen molar-refractivity contribution in [2.75, 3.05) is 27.1 Å². The van der Waals surface area contributed by atoms with Crippen LogP contribution < -0.4 is 9.47 Å². The van der Waals surface area contributed by atoms with Gasteiger partial charge in [-0.2, -0.15) is 0 Å². The molecule has 1 amide bonds. The lowest BCUT2D eigenvalue weighted by Gasteiger charge is -2.30. The fourth-order valence-electron chi connectivity index (χ4n) is 2.23. The second kappa shape index (κ2) is 5.81. The molecule has 2 aliphatic rings. The molecular weight excluding hydrogens is 274 g/mol. The Kier molecular flexibility index (Phi) is 3.88. The minimum Gasteiger partial charge on any atom is -0.454 e. The van der Waals surface area contributed by atoms with Crippen LogP contribution in [0.15, 0.2) is 18.2 Å². The van der Waals surface area contributed by atoms with Gasteiger partial charge in [0, 0.05) is 13.1 Å². The lowest BCUT2D eigenvalue weighted by atomic mass is 10.1. The van der Waals surface area contributed by atoms with E-state index in [0.717, 1.165) is 23.5 Å². The maximum atomic E-state index is 12.0. The first-order valence-electron chi connectivity index (χ1n) is 7.03. The van der Waals surface area contributed by atoms with Crippen molar-refractivity contribution in [1.29, 1.82) is 0 Å². The molecule has 6 heteroatoms. The Bertz CT molecular complexity index is 529. The summed E-state index contributed by atoms with van der Waals surface area (Å²) in [6, 6.07) is 5.87. The number of nitrogens with zero attached hydrogens (tertiary/aromatic N) is 1. The van der Waals surface area contributed by atoms with E-state index in [9.17, 15) is 4.79 Å². The van der Waals surface area contributed by atoms with Crippen molar-refractivity contribution in [3.05, 3.63) is 23.8 Å². The fraction of sp³-hybridized carbons (Fsp3) is 0.533. The summed E-state index contributed by atoms with van der Waals surface area (Å²) in [4.78, 5) is 13.6. The average Bonchev–Trinajstić information content (AvgIpc) is 2.89. The topological polar surface area (TPSA) is 57.2 Å². The number of likely N-dealkylation sites (N-methyl/N-ethyl adjacent to an activating group) is 1. The predicted octanol–water partition coefficient (Wildman–Crippen LogP) is 1.81. The molecule has 1 saturated heterocycles. The van der Waals surface area contributed by atoms with Crippen molar-refractivity contribution >= 4 is 6.09 Å². The van der Waals surface area contributed by atoms with Gasteiger partial charge in [0.1, 0.15) is 0 Å².